The fourth-order valence-corrected chi connectivity index (χ4v) is 0.164. The summed E-state index contributed by atoms with van der Waals surface area (Å²) in [6, 6.07) is 0. The standard InChI is InChI=1S/C2H2F4OSi/c3-1(4)2(5,6)8-7/h8H2. The van der Waals surface area contributed by atoms with Gasteiger partial charge in [-0.3, -0.25) is 4.80 Å². The van der Waals surface area contributed by atoms with Crippen LogP contribution < -0.4 is 0 Å². The van der Waals surface area contributed by atoms with E-state index >= 15 is 0 Å². The summed E-state index contributed by atoms with van der Waals surface area (Å²) in [5, 5.41) is 0. The Hall–Kier alpha value is -0.103. The van der Waals surface area contributed by atoms with Crippen molar-refractivity contribution >= 4 is 9.76 Å². The van der Waals surface area contributed by atoms with Crippen molar-refractivity contribution in [3.05, 3.63) is 6.43 Å². The number of hydrogen-bond donors (Lipinski definition) is 0. The van der Waals surface area contributed by atoms with Crippen LogP contribution in [0.4, 0.5) is 17.6 Å². The van der Waals surface area contributed by atoms with Gasteiger partial charge in [0.05, 0.1) is 0 Å². The molecular weight excluding hydrogens is 144 g/mol. The zero-order chi connectivity index (χ0) is 6.78. The van der Waals surface area contributed by atoms with Crippen LogP contribution in [0.1, 0.15) is 0 Å². The molecule has 0 aliphatic heterocycles. The van der Waals surface area contributed by atoms with Crippen LogP contribution in [-0.4, -0.2) is 15.3 Å². The Bertz CT molecular complexity index is 74.4. The van der Waals surface area contributed by atoms with Crippen LogP contribution in [0.2, 0.25) is 0 Å². The van der Waals surface area contributed by atoms with Crippen LogP contribution in [0.5, 0.6) is 0 Å². The Kier molecular flexibility index (Phi) is 2.42. The molecular formula is C2H2F4OSi. The maximum atomic E-state index is 11.2. The molecule has 1 nitrogen and oxygen atoms in total. The van der Waals surface area contributed by atoms with E-state index in [1.165, 1.54) is 0 Å². The van der Waals surface area contributed by atoms with Gasteiger partial charge in [-0.05, 0) is 0 Å². The fraction of sp³-hybridized carbons (Fsp3) is 0.500. The van der Waals surface area contributed by atoms with Crippen LogP contribution in [0.25, 0.3) is 0 Å². The Morgan fingerprint density at radius 2 is 1.75 bits per heavy atom. The lowest BCUT2D eigenvalue weighted by Crippen LogP contribution is -2.27. The van der Waals surface area contributed by atoms with Gasteiger partial charge >= 0.3 is 12.0 Å². The Balaban J connectivity index is 3.71. The van der Waals surface area contributed by atoms with Crippen molar-refractivity contribution in [1.29, 1.82) is 0 Å². The summed E-state index contributed by atoms with van der Waals surface area (Å²) in [5.74, 6) is 0. The molecule has 6 heteroatoms. The fourth-order valence-electron chi connectivity index (χ4n) is 0.0546. The summed E-state index contributed by atoms with van der Waals surface area (Å²) in [5.41, 5.74) is -4.29. The normalized spacial score (nSPS) is 14.2. The highest BCUT2D eigenvalue weighted by Gasteiger charge is 2.43. The SMILES string of the molecule is [O][SiH2]C(F)(F)[C](F)F. The molecule has 0 aromatic heterocycles. The van der Waals surface area contributed by atoms with E-state index in [2.05, 4.69) is 0 Å². The van der Waals surface area contributed by atoms with Crippen LogP contribution in [0.15, 0.2) is 0 Å². The largest absolute Gasteiger partial charge is 0.376 e. The molecule has 2 radical (unpaired) electrons. The van der Waals surface area contributed by atoms with Crippen molar-refractivity contribution < 1.29 is 22.4 Å². The first kappa shape index (κ1) is 7.90. The maximum Gasteiger partial charge on any atom is 0.376 e. The molecule has 0 saturated heterocycles. The van der Waals surface area contributed by atoms with Crippen molar-refractivity contribution in [1.82, 2.24) is 0 Å². The zero-order valence-electron chi connectivity index (χ0n) is 3.63. The van der Waals surface area contributed by atoms with E-state index in [4.69, 9.17) is 0 Å². The molecule has 0 unspecified atom stereocenters. The van der Waals surface area contributed by atoms with Gasteiger partial charge in [-0.25, -0.2) is 8.78 Å². The Morgan fingerprint density at radius 1 is 1.38 bits per heavy atom. The van der Waals surface area contributed by atoms with Crippen molar-refractivity contribution in [2.75, 3.05) is 0 Å². The average Bonchev–Trinajstić information content (AvgIpc) is 1.67. The van der Waals surface area contributed by atoms with Gasteiger partial charge in [0.25, 0.3) is 9.76 Å². The van der Waals surface area contributed by atoms with Crippen LogP contribution in [0, 0.1) is 6.43 Å². The summed E-state index contributed by atoms with van der Waals surface area (Å²) < 4.78 is 44.1. The van der Waals surface area contributed by atoms with Crippen LogP contribution in [-0.2, 0) is 4.80 Å². The third-order valence-corrected chi connectivity index (χ3v) is 1.09. The predicted molar refractivity (Wildman–Crippen MR) is 19.6 cm³/mol. The quantitative estimate of drug-likeness (QED) is 0.400. The lowest BCUT2D eigenvalue weighted by molar-refractivity contribution is 0.000277. The second-order valence-corrected chi connectivity index (χ2v) is 2.29. The first-order valence-electron chi connectivity index (χ1n) is 1.65. The lowest BCUT2D eigenvalue weighted by atomic mass is 10.7. The summed E-state index contributed by atoms with van der Waals surface area (Å²) in [4.78, 5) is 9.28. The second kappa shape index (κ2) is 2.45. The van der Waals surface area contributed by atoms with Gasteiger partial charge in [0.1, 0.15) is 0 Å². The molecule has 0 bridgehead atoms. The Labute approximate surface area is 45.3 Å². The number of hydrogen-bond acceptors (Lipinski definition) is 0. The van der Waals surface area contributed by atoms with E-state index in [1.54, 1.807) is 0 Å². The van der Waals surface area contributed by atoms with Gasteiger partial charge in [-0.15, -0.1) is 0 Å². The minimum absolute atomic E-state index is 3.06. The minimum atomic E-state index is -4.29. The highest BCUT2D eigenvalue weighted by molar-refractivity contribution is 6.29. The number of rotatable bonds is 2. The zero-order valence-corrected chi connectivity index (χ0v) is 5.04. The Morgan fingerprint density at radius 3 is 1.75 bits per heavy atom. The van der Waals surface area contributed by atoms with Crippen molar-refractivity contribution in [3.63, 3.8) is 0 Å². The van der Waals surface area contributed by atoms with E-state index in [0.717, 1.165) is 0 Å². The topological polar surface area (TPSA) is 19.9 Å². The van der Waals surface area contributed by atoms with Crippen molar-refractivity contribution in [3.8, 4) is 0 Å². The number of alkyl halides is 2. The van der Waals surface area contributed by atoms with E-state index in [0.29, 0.717) is 0 Å². The molecule has 0 aromatic rings. The van der Waals surface area contributed by atoms with E-state index < -0.39 is 21.7 Å². The molecule has 0 amide bonds. The average molecular weight is 146 g/mol. The lowest BCUT2D eigenvalue weighted by Gasteiger charge is -2.05. The minimum Gasteiger partial charge on any atom is -0.299 e. The van der Waals surface area contributed by atoms with Gasteiger partial charge < -0.3 is 0 Å². The molecule has 0 atom stereocenters. The molecule has 48 valence electrons. The van der Waals surface area contributed by atoms with Crippen LogP contribution >= 0.6 is 0 Å². The van der Waals surface area contributed by atoms with E-state index in [-0.39, 0.29) is 0 Å². The van der Waals surface area contributed by atoms with Gasteiger partial charge in [0.2, 0.25) is 0 Å². The molecule has 0 aromatic carbocycles. The van der Waals surface area contributed by atoms with Crippen molar-refractivity contribution in [2.45, 2.75) is 5.55 Å². The molecule has 0 heterocycles. The highest BCUT2D eigenvalue weighted by Crippen LogP contribution is 2.26. The molecule has 8 heavy (non-hydrogen) atoms. The summed E-state index contributed by atoms with van der Waals surface area (Å²) in [6.07, 6.45) is -3.06. The number of halogens is 4. The third kappa shape index (κ3) is 1.79. The highest BCUT2D eigenvalue weighted by atomic mass is 28.2. The smallest absolute Gasteiger partial charge is 0.299 e. The maximum absolute atomic E-state index is 11.2. The summed E-state index contributed by atoms with van der Waals surface area (Å²) >= 11 is 0. The predicted octanol–water partition coefficient (Wildman–Crippen LogP) is 0.522. The molecule has 0 rings (SSSR count). The molecule has 0 fully saturated rings. The molecule has 0 aliphatic rings. The molecule has 0 N–H and O–H groups in total. The summed E-state index contributed by atoms with van der Waals surface area (Å²) in [7, 11) is -3.18. The first-order chi connectivity index (χ1) is 3.50. The molecule has 0 spiro atoms. The molecule has 0 saturated carbocycles. The third-order valence-electron chi connectivity index (χ3n) is 0.458. The second-order valence-electron chi connectivity index (χ2n) is 1.11. The van der Waals surface area contributed by atoms with Gasteiger partial charge in [-0.2, -0.15) is 8.78 Å². The van der Waals surface area contributed by atoms with Crippen LogP contribution in [0.3, 0.4) is 0 Å². The van der Waals surface area contributed by atoms with Crippen molar-refractivity contribution in [2.24, 2.45) is 0 Å². The van der Waals surface area contributed by atoms with Gasteiger partial charge in [-0.1, -0.05) is 0 Å². The summed E-state index contributed by atoms with van der Waals surface area (Å²) in [6.45, 7) is 0. The first-order valence-corrected chi connectivity index (χ1v) is 2.93. The van der Waals surface area contributed by atoms with Gasteiger partial charge in [0, 0.05) is 0 Å². The van der Waals surface area contributed by atoms with E-state index in [1.807, 2.05) is 0 Å². The monoisotopic (exact) mass is 146 g/mol. The molecule has 0 aliphatic carbocycles. The van der Waals surface area contributed by atoms with Gasteiger partial charge in [0.15, 0.2) is 0 Å². The van der Waals surface area contributed by atoms with E-state index in [9.17, 15) is 22.4 Å².